The maximum absolute atomic E-state index is 11.5. The monoisotopic (exact) mass is 276 g/mol. The molecular formula is C11H20N2O2S2. The van der Waals surface area contributed by atoms with Gasteiger partial charge in [0.2, 0.25) is 0 Å². The summed E-state index contributed by atoms with van der Waals surface area (Å²) in [4.78, 5) is 2.01. The molecule has 0 bridgehead atoms. The van der Waals surface area contributed by atoms with E-state index in [4.69, 9.17) is 12.2 Å². The standard InChI is InChI=1S/C11H20N2O2S2/c14-17(15)8-3-6-13(7-9-17)11(16)12-10-4-1-2-5-10/h10H,1-9H2,(H,12,16). The van der Waals surface area contributed by atoms with E-state index in [1.807, 2.05) is 4.90 Å². The fourth-order valence-corrected chi connectivity index (χ4v) is 4.10. The van der Waals surface area contributed by atoms with E-state index in [1.165, 1.54) is 25.7 Å². The fraction of sp³-hybridized carbons (Fsp3) is 0.909. The Balaban J connectivity index is 1.86. The molecule has 1 aliphatic heterocycles. The van der Waals surface area contributed by atoms with E-state index in [2.05, 4.69) is 5.32 Å². The van der Waals surface area contributed by atoms with Gasteiger partial charge in [-0.2, -0.15) is 0 Å². The van der Waals surface area contributed by atoms with Crippen molar-refractivity contribution in [2.45, 2.75) is 38.1 Å². The van der Waals surface area contributed by atoms with Crippen LogP contribution in [-0.4, -0.2) is 49.1 Å². The third kappa shape index (κ3) is 3.81. The highest BCUT2D eigenvalue weighted by Gasteiger charge is 2.22. The maximum atomic E-state index is 11.5. The lowest BCUT2D eigenvalue weighted by atomic mass is 10.2. The van der Waals surface area contributed by atoms with Crippen molar-refractivity contribution in [2.75, 3.05) is 24.6 Å². The smallest absolute Gasteiger partial charge is 0.169 e. The zero-order valence-electron chi connectivity index (χ0n) is 10.0. The van der Waals surface area contributed by atoms with Gasteiger partial charge in [0.1, 0.15) is 0 Å². The summed E-state index contributed by atoms with van der Waals surface area (Å²) in [6, 6.07) is 0.502. The molecule has 17 heavy (non-hydrogen) atoms. The summed E-state index contributed by atoms with van der Waals surface area (Å²) >= 11 is 5.37. The first-order chi connectivity index (χ1) is 8.07. The van der Waals surface area contributed by atoms with Crippen LogP contribution in [0, 0.1) is 0 Å². The molecule has 98 valence electrons. The molecule has 0 atom stereocenters. The molecule has 6 heteroatoms. The van der Waals surface area contributed by atoms with Crippen LogP contribution in [0.4, 0.5) is 0 Å². The van der Waals surface area contributed by atoms with Gasteiger partial charge in [-0.3, -0.25) is 0 Å². The van der Waals surface area contributed by atoms with E-state index in [0.29, 0.717) is 24.8 Å². The Labute approximate surface area is 109 Å². The van der Waals surface area contributed by atoms with E-state index >= 15 is 0 Å². The number of hydrogen-bond acceptors (Lipinski definition) is 3. The van der Waals surface area contributed by atoms with E-state index < -0.39 is 9.84 Å². The van der Waals surface area contributed by atoms with Crippen LogP contribution in [0.15, 0.2) is 0 Å². The lowest BCUT2D eigenvalue weighted by Gasteiger charge is -2.26. The van der Waals surface area contributed by atoms with E-state index in [1.54, 1.807) is 0 Å². The van der Waals surface area contributed by atoms with Crippen molar-refractivity contribution in [3.05, 3.63) is 0 Å². The molecule has 0 amide bonds. The van der Waals surface area contributed by atoms with Crippen LogP contribution >= 0.6 is 12.2 Å². The lowest BCUT2D eigenvalue weighted by molar-refractivity contribution is 0.430. The molecule has 0 aromatic carbocycles. The first kappa shape index (κ1) is 13.1. The molecule has 1 saturated heterocycles. The van der Waals surface area contributed by atoms with Gasteiger partial charge in [0.05, 0.1) is 11.5 Å². The minimum atomic E-state index is -2.84. The molecule has 1 aliphatic carbocycles. The largest absolute Gasteiger partial charge is 0.360 e. The summed E-state index contributed by atoms with van der Waals surface area (Å²) < 4.78 is 23.0. The summed E-state index contributed by atoms with van der Waals surface area (Å²) in [6.07, 6.45) is 5.61. The lowest BCUT2D eigenvalue weighted by Crippen LogP contribution is -2.44. The Morgan fingerprint density at radius 3 is 2.53 bits per heavy atom. The van der Waals surface area contributed by atoms with Crippen LogP contribution in [0.1, 0.15) is 32.1 Å². The second-order valence-electron chi connectivity index (χ2n) is 4.92. The second kappa shape index (κ2) is 5.52. The SMILES string of the molecule is O=S1(=O)CCCN(C(=S)NC2CCCC2)CC1. The van der Waals surface area contributed by atoms with E-state index in [-0.39, 0.29) is 5.75 Å². The highest BCUT2D eigenvalue weighted by molar-refractivity contribution is 7.91. The van der Waals surface area contributed by atoms with Crippen LogP contribution in [0.2, 0.25) is 0 Å². The summed E-state index contributed by atoms with van der Waals surface area (Å²) in [6.45, 7) is 1.30. The van der Waals surface area contributed by atoms with E-state index in [0.717, 1.165) is 11.7 Å². The first-order valence-corrected chi connectivity index (χ1v) is 8.56. The van der Waals surface area contributed by atoms with Gasteiger partial charge in [-0.25, -0.2) is 8.42 Å². The number of thiocarbonyl (C=S) groups is 1. The molecule has 1 saturated carbocycles. The molecule has 0 spiro atoms. The number of nitrogens with one attached hydrogen (secondary N) is 1. The molecule has 1 N–H and O–H groups in total. The maximum Gasteiger partial charge on any atom is 0.169 e. The fourth-order valence-electron chi connectivity index (χ4n) is 2.48. The van der Waals surface area contributed by atoms with Crippen molar-refractivity contribution >= 4 is 27.2 Å². The van der Waals surface area contributed by atoms with Gasteiger partial charge >= 0.3 is 0 Å². The first-order valence-electron chi connectivity index (χ1n) is 6.33. The van der Waals surface area contributed by atoms with Gasteiger partial charge in [-0.1, -0.05) is 12.8 Å². The molecule has 0 radical (unpaired) electrons. The number of hydrogen-bond donors (Lipinski definition) is 1. The summed E-state index contributed by atoms with van der Waals surface area (Å²) in [5, 5.41) is 4.11. The van der Waals surface area contributed by atoms with Crippen LogP contribution in [0.5, 0.6) is 0 Å². The summed E-state index contributed by atoms with van der Waals surface area (Å²) in [7, 11) is -2.84. The molecule has 4 nitrogen and oxygen atoms in total. The molecule has 2 fully saturated rings. The quantitative estimate of drug-likeness (QED) is 0.722. The highest BCUT2D eigenvalue weighted by Crippen LogP contribution is 2.18. The van der Waals surface area contributed by atoms with Gasteiger partial charge in [0.15, 0.2) is 14.9 Å². The number of rotatable bonds is 1. The Hall–Kier alpha value is -0.360. The molecule has 0 unspecified atom stereocenters. The average molecular weight is 276 g/mol. The summed E-state index contributed by atoms with van der Waals surface area (Å²) in [5.74, 6) is 0.537. The molecule has 0 aromatic heterocycles. The highest BCUT2D eigenvalue weighted by atomic mass is 32.2. The van der Waals surface area contributed by atoms with Crippen LogP contribution < -0.4 is 5.32 Å². The normalized spacial score (nSPS) is 25.5. The molecule has 0 aromatic rings. The van der Waals surface area contributed by atoms with Crippen molar-refractivity contribution in [1.29, 1.82) is 0 Å². The topological polar surface area (TPSA) is 49.4 Å². The van der Waals surface area contributed by atoms with Crippen LogP contribution in [0.25, 0.3) is 0 Å². The van der Waals surface area contributed by atoms with Gasteiger partial charge in [0, 0.05) is 19.1 Å². The van der Waals surface area contributed by atoms with E-state index in [9.17, 15) is 8.42 Å². The summed E-state index contributed by atoms with van der Waals surface area (Å²) in [5.41, 5.74) is 0. The molecule has 2 rings (SSSR count). The van der Waals surface area contributed by atoms with Gasteiger partial charge in [-0.05, 0) is 31.5 Å². The second-order valence-corrected chi connectivity index (χ2v) is 7.61. The molecule has 1 heterocycles. The minimum absolute atomic E-state index is 0.236. The number of nitrogens with zero attached hydrogens (tertiary/aromatic N) is 1. The average Bonchev–Trinajstić information content (AvgIpc) is 2.68. The third-order valence-corrected chi connectivity index (χ3v) is 5.62. The zero-order valence-corrected chi connectivity index (χ0v) is 11.7. The van der Waals surface area contributed by atoms with Crippen LogP contribution in [0.3, 0.4) is 0 Å². The number of sulfone groups is 1. The predicted octanol–water partition coefficient (Wildman–Crippen LogP) is 0.924. The Kier molecular flexibility index (Phi) is 4.25. The van der Waals surface area contributed by atoms with Crippen LogP contribution in [-0.2, 0) is 9.84 Å². The third-order valence-electron chi connectivity index (χ3n) is 3.53. The molecule has 2 aliphatic rings. The Morgan fingerprint density at radius 1 is 1.12 bits per heavy atom. The van der Waals surface area contributed by atoms with Gasteiger partial charge in [-0.15, -0.1) is 0 Å². The Bertz CT molecular complexity index is 375. The van der Waals surface area contributed by atoms with Crippen molar-refractivity contribution in [3.8, 4) is 0 Å². The Morgan fingerprint density at radius 2 is 1.82 bits per heavy atom. The predicted molar refractivity (Wildman–Crippen MR) is 72.8 cm³/mol. The van der Waals surface area contributed by atoms with Gasteiger partial charge < -0.3 is 10.2 Å². The van der Waals surface area contributed by atoms with Crippen molar-refractivity contribution < 1.29 is 8.42 Å². The zero-order chi connectivity index (χ0) is 12.3. The minimum Gasteiger partial charge on any atom is -0.360 e. The van der Waals surface area contributed by atoms with Gasteiger partial charge in [0.25, 0.3) is 0 Å². The molecular weight excluding hydrogens is 256 g/mol. The van der Waals surface area contributed by atoms with Crippen molar-refractivity contribution in [1.82, 2.24) is 10.2 Å². The van der Waals surface area contributed by atoms with Crippen molar-refractivity contribution in [3.63, 3.8) is 0 Å². The van der Waals surface area contributed by atoms with Crippen molar-refractivity contribution in [2.24, 2.45) is 0 Å².